The Morgan fingerprint density at radius 2 is 2.14 bits per heavy atom. The molecular formula is C14H20N6O. The minimum absolute atomic E-state index is 0.0230. The maximum atomic E-state index is 12.2. The molecule has 21 heavy (non-hydrogen) atoms. The lowest BCUT2D eigenvalue weighted by Gasteiger charge is -2.14. The zero-order valence-electron chi connectivity index (χ0n) is 12.6. The zero-order chi connectivity index (χ0) is 15.1. The predicted molar refractivity (Wildman–Crippen MR) is 78.7 cm³/mol. The van der Waals surface area contributed by atoms with E-state index in [1.807, 2.05) is 13.8 Å². The second-order valence-corrected chi connectivity index (χ2v) is 5.81. The largest absolute Gasteiger partial charge is 0.366 e. The number of hydrogen-bond donors (Lipinski definition) is 2. The molecule has 0 spiro atoms. The number of anilines is 1. The summed E-state index contributed by atoms with van der Waals surface area (Å²) in [5.74, 6) is 1.33. The van der Waals surface area contributed by atoms with Gasteiger partial charge in [-0.25, -0.2) is 4.98 Å². The molecule has 1 amide bonds. The molecule has 1 fully saturated rings. The molecule has 7 nitrogen and oxygen atoms in total. The van der Waals surface area contributed by atoms with Crippen LogP contribution in [0.4, 0.5) is 5.95 Å². The Bertz CT molecular complexity index is 703. The fourth-order valence-corrected chi connectivity index (χ4v) is 2.66. The van der Waals surface area contributed by atoms with Crippen molar-refractivity contribution in [2.75, 3.05) is 5.73 Å². The lowest BCUT2D eigenvalue weighted by atomic mass is 10.1. The first-order chi connectivity index (χ1) is 9.95. The first kappa shape index (κ1) is 13.8. The van der Waals surface area contributed by atoms with Gasteiger partial charge in [-0.1, -0.05) is 0 Å². The summed E-state index contributed by atoms with van der Waals surface area (Å²) in [6, 6.07) is 0.247. The van der Waals surface area contributed by atoms with Gasteiger partial charge >= 0.3 is 0 Å². The Morgan fingerprint density at radius 1 is 1.43 bits per heavy atom. The van der Waals surface area contributed by atoms with Crippen LogP contribution in [0.2, 0.25) is 0 Å². The van der Waals surface area contributed by atoms with E-state index in [2.05, 4.69) is 27.3 Å². The molecule has 3 rings (SSSR count). The van der Waals surface area contributed by atoms with Crippen LogP contribution in [-0.4, -0.2) is 31.5 Å². The molecule has 0 saturated heterocycles. The lowest BCUT2D eigenvalue weighted by molar-refractivity contribution is -0.121. The van der Waals surface area contributed by atoms with Crippen LogP contribution < -0.4 is 11.1 Å². The maximum Gasteiger partial charge on any atom is 0.254 e. The quantitative estimate of drug-likeness (QED) is 0.866. The fourth-order valence-electron chi connectivity index (χ4n) is 2.66. The molecule has 1 aliphatic carbocycles. The van der Waals surface area contributed by atoms with Gasteiger partial charge in [-0.3, -0.25) is 4.79 Å². The zero-order valence-corrected chi connectivity index (χ0v) is 12.6. The molecule has 0 bridgehead atoms. The molecule has 1 atom stereocenters. The first-order valence-corrected chi connectivity index (χ1v) is 7.23. The molecule has 0 aliphatic heterocycles. The molecule has 0 radical (unpaired) electrons. The van der Waals surface area contributed by atoms with Crippen LogP contribution in [0.25, 0.3) is 5.78 Å². The predicted octanol–water partition coefficient (Wildman–Crippen LogP) is 0.781. The first-order valence-electron chi connectivity index (χ1n) is 7.23. The van der Waals surface area contributed by atoms with Crippen molar-refractivity contribution < 1.29 is 4.79 Å². The number of carbonyl (C=O) groups excluding carboxylic acids is 1. The number of hydrogen-bond acceptors (Lipinski definition) is 5. The van der Waals surface area contributed by atoms with Gasteiger partial charge in [-0.2, -0.15) is 9.50 Å². The molecule has 2 aromatic heterocycles. The number of nitrogens with zero attached hydrogens (tertiary/aromatic N) is 4. The Labute approximate surface area is 123 Å². The van der Waals surface area contributed by atoms with Crippen molar-refractivity contribution >= 4 is 17.6 Å². The summed E-state index contributed by atoms with van der Waals surface area (Å²) < 4.78 is 1.59. The van der Waals surface area contributed by atoms with Crippen LogP contribution in [0.3, 0.4) is 0 Å². The van der Waals surface area contributed by atoms with Crippen molar-refractivity contribution in [1.82, 2.24) is 24.9 Å². The van der Waals surface area contributed by atoms with Crippen LogP contribution in [0.5, 0.6) is 0 Å². The van der Waals surface area contributed by atoms with E-state index in [0.29, 0.717) is 18.1 Å². The number of nitrogens with one attached hydrogen (secondary N) is 1. The summed E-state index contributed by atoms with van der Waals surface area (Å²) >= 11 is 0. The van der Waals surface area contributed by atoms with E-state index in [1.54, 1.807) is 4.52 Å². The summed E-state index contributed by atoms with van der Waals surface area (Å²) in [7, 11) is 0. The average Bonchev–Trinajstić information content (AvgIpc) is 3.18. The van der Waals surface area contributed by atoms with E-state index in [9.17, 15) is 4.79 Å². The third-order valence-electron chi connectivity index (χ3n) is 4.12. The summed E-state index contributed by atoms with van der Waals surface area (Å²) in [5.41, 5.74) is 8.14. The molecule has 112 valence electrons. The lowest BCUT2D eigenvalue weighted by Crippen LogP contribution is -2.35. The average molecular weight is 288 g/mol. The van der Waals surface area contributed by atoms with Gasteiger partial charge in [0, 0.05) is 23.0 Å². The van der Waals surface area contributed by atoms with Crippen molar-refractivity contribution in [3.8, 4) is 0 Å². The van der Waals surface area contributed by atoms with Gasteiger partial charge in [0.25, 0.3) is 5.78 Å². The van der Waals surface area contributed by atoms with Gasteiger partial charge in [0.1, 0.15) is 0 Å². The van der Waals surface area contributed by atoms with E-state index >= 15 is 0 Å². The highest BCUT2D eigenvalue weighted by Gasteiger charge is 2.29. The molecule has 1 saturated carbocycles. The second-order valence-electron chi connectivity index (χ2n) is 5.81. The maximum absolute atomic E-state index is 12.2. The van der Waals surface area contributed by atoms with Crippen LogP contribution in [0.1, 0.15) is 36.7 Å². The van der Waals surface area contributed by atoms with Gasteiger partial charge in [0.15, 0.2) is 0 Å². The third kappa shape index (κ3) is 2.68. The minimum Gasteiger partial charge on any atom is -0.366 e. The van der Waals surface area contributed by atoms with Crippen LogP contribution in [0, 0.1) is 19.8 Å². The highest BCUT2D eigenvalue weighted by molar-refractivity contribution is 5.79. The normalized spacial score (nSPS) is 16.1. The van der Waals surface area contributed by atoms with Crippen molar-refractivity contribution in [3.63, 3.8) is 0 Å². The van der Waals surface area contributed by atoms with Crippen molar-refractivity contribution in [1.29, 1.82) is 0 Å². The molecule has 1 unspecified atom stereocenters. The van der Waals surface area contributed by atoms with Crippen molar-refractivity contribution in [3.05, 3.63) is 17.0 Å². The molecule has 0 aromatic carbocycles. The Morgan fingerprint density at radius 3 is 2.81 bits per heavy atom. The van der Waals surface area contributed by atoms with Gasteiger partial charge in [0.05, 0.1) is 6.42 Å². The summed E-state index contributed by atoms with van der Waals surface area (Å²) in [6.07, 6.45) is 2.73. The minimum atomic E-state index is 0.0230. The molecule has 3 N–H and O–H groups in total. The van der Waals surface area contributed by atoms with E-state index in [4.69, 9.17) is 5.73 Å². The topological polar surface area (TPSA) is 98.2 Å². The number of amides is 1. The molecular weight excluding hydrogens is 268 g/mol. The number of nitrogens with two attached hydrogens (primary N) is 1. The number of aryl methyl sites for hydroxylation is 2. The van der Waals surface area contributed by atoms with E-state index in [1.165, 1.54) is 12.8 Å². The standard InChI is InChI=1S/C14H20N6O/c1-7(10-4-5-10)16-12(21)6-11-8(2)17-14-18-13(15)19-20(14)9(11)3/h7,10H,4-6H2,1-3H3,(H2,15,19)(H,16,21). The fraction of sp³-hybridized carbons (Fsp3) is 0.571. The summed E-state index contributed by atoms with van der Waals surface area (Å²) in [4.78, 5) is 20.6. The van der Waals surface area contributed by atoms with E-state index in [-0.39, 0.29) is 17.9 Å². The van der Waals surface area contributed by atoms with E-state index < -0.39 is 0 Å². The smallest absolute Gasteiger partial charge is 0.254 e. The van der Waals surface area contributed by atoms with E-state index in [0.717, 1.165) is 17.0 Å². The van der Waals surface area contributed by atoms with Crippen LogP contribution in [-0.2, 0) is 11.2 Å². The van der Waals surface area contributed by atoms with Crippen molar-refractivity contribution in [2.24, 2.45) is 5.92 Å². The monoisotopic (exact) mass is 288 g/mol. The summed E-state index contributed by atoms with van der Waals surface area (Å²) in [6.45, 7) is 5.85. The Hall–Kier alpha value is -2.18. The van der Waals surface area contributed by atoms with Crippen LogP contribution in [0.15, 0.2) is 0 Å². The highest BCUT2D eigenvalue weighted by Crippen LogP contribution is 2.32. The molecule has 7 heteroatoms. The van der Waals surface area contributed by atoms with Gasteiger partial charge in [0.2, 0.25) is 11.9 Å². The Balaban J connectivity index is 1.83. The SMILES string of the molecule is Cc1nc2nc(N)nn2c(C)c1CC(=O)NC(C)C1CC1. The summed E-state index contributed by atoms with van der Waals surface area (Å²) in [5, 5.41) is 7.17. The second kappa shape index (κ2) is 4.98. The number of carbonyl (C=O) groups is 1. The number of rotatable bonds is 4. The highest BCUT2D eigenvalue weighted by atomic mass is 16.1. The number of fused-ring (bicyclic) bond motifs is 1. The van der Waals surface area contributed by atoms with Gasteiger partial charge < -0.3 is 11.1 Å². The van der Waals surface area contributed by atoms with Crippen molar-refractivity contribution in [2.45, 2.75) is 46.1 Å². The number of aromatic nitrogens is 4. The molecule has 2 aromatic rings. The third-order valence-corrected chi connectivity index (χ3v) is 4.12. The molecule has 2 heterocycles. The van der Waals surface area contributed by atoms with Gasteiger partial charge in [-0.05, 0) is 39.5 Å². The number of nitrogen functional groups attached to an aromatic ring is 1. The molecule has 1 aliphatic rings. The van der Waals surface area contributed by atoms with Gasteiger partial charge in [-0.15, -0.1) is 5.10 Å². The van der Waals surface area contributed by atoms with Crippen LogP contribution >= 0.6 is 0 Å². The Kier molecular flexibility index (Phi) is 3.27.